The first-order chi connectivity index (χ1) is 13.0. The highest BCUT2D eigenvalue weighted by Gasteiger charge is 2.17. The van der Waals surface area contributed by atoms with Crippen LogP contribution in [0.25, 0.3) is 0 Å². The van der Waals surface area contributed by atoms with Crippen molar-refractivity contribution in [3.63, 3.8) is 0 Å². The van der Waals surface area contributed by atoms with E-state index in [4.69, 9.17) is 5.11 Å². The predicted octanol–water partition coefficient (Wildman–Crippen LogP) is 3.09. The monoisotopic (exact) mass is 367 g/mol. The Hall–Kier alpha value is -3.22. The van der Waals surface area contributed by atoms with Crippen LogP contribution in [0.5, 0.6) is 0 Å². The van der Waals surface area contributed by atoms with E-state index in [9.17, 15) is 14.4 Å². The Balaban J connectivity index is 1.61. The van der Waals surface area contributed by atoms with Gasteiger partial charge in [0, 0.05) is 23.5 Å². The van der Waals surface area contributed by atoms with Gasteiger partial charge < -0.3 is 15.7 Å². The molecule has 0 saturated heterocycles. The molecule has 140 valence electrons. The quantitative estimate of drug-likeness (QED) is 0.752. The van der Waals surface area contributed by atoms with Crippen LogP contribution in [0.1, 0.15) is 63.3 Å². The summed E-state index contributed by atoms with van der Waals surface area (Å²) >= 11 is 0. The molecule has 1 aromatic heterocycles. The Morgan fingerprint density at radius 2 is 1.63 bits per heavy atom. The standard InChI is InChI=1S/C20H21N3O4/c24-18(22-15-4-2-1-3-5-15)13-6-8-16(9-7-13)23-19(25)17-12-14(20(26)27)10-11-21-17/h6-12,15H,1-5H2,(H,22,24)(H,23,25)(H,26,27). The molecule has 2 amide bonds. The largest absolute Gasteiger partial charge is 0.478 e. The van der Waals surface area contributed by atoms with Gasteiger partial charge in [-0.2, -0.15) is 0 Å². The third-order valence-corrected chi connectivity index (χ3v) is 4.58. The molecular weight excluding hydrogens is 346 g/mol. The van der Waals surface area contributed by atoms with Crippen LogP contribution in [0.2, 0.25) is 0 Å². The fraction of sp³-hybridized carbons (Fsp3) is 0.300. The lowest BCUT2D eigenvalue weighted by Gasteiger charge is -2.22. The summed E-state index contributed by atoms with van der Waals surface area (Å²) in [4.78, 5) is 39.4. The van der Waals surface area contributed by atoms with E-state index in [1.165, 1.54) is 24.8 Å². The molecule has 0 atom stereocenters. The summed E-state index contributed by atoms with van der Waals surface area (Å²) in [5, 5.41) is 14.7. The number of nitrogens with zero attached hydrogens (tertiary/aromatic N) is 1. The van der Waals surface area contributed by atoms with E-state index in [0.717, 1.165) is 25.7 Å². The SMILES string of the molecule is O=C(O)c1ccnc(C(=O)Nc2ccc(C(=O)NC3CCCCC3)cc2)c1. The Morgan fingerprint density at radius 1 is 0.926 bits per heavy atom. The molecule has 27 heavy (non-hydrogen) atoms. The molecule has 0 radical (unpaired) electrons. The summed E-state index contributed by atoms with van der Waals surface area (Å²) in [5.74, 6) is -1.76. The van der Waals surface area contributed by atoms with Crippen molar-refractivity contribution >= 4 is 23.5 Å². The van der Waals surface area contributed by atoms with Crippen LogP contribution in [0, 0.1) is 0 Å². The first kappa shape index (κ1) is 18.6. The van der Waals surface area contributed by atoms with E-state index in [1.807, 2.05) is 0 Å². The maximum absolute atomic E-state index is 12.3. The molecule has 0 bridgehead atoms. The van der Waals surface area contributed by atoms with Gasteiger partial charge >= 0.3 is 5.97 Å². The zero-order valence-electron chi connectivity index (χ0n) is 14.8. The number of rotatable bonds is 5. The van der Waals surface area contributed by atoms with Gasteiger partial charge in [-0.3, -0.25) is 14.6 Å². The lowest BCUT2D eigenvalue weighted by atomic mass is 9.95. The van der Waals surface area contributed by atoms with Crippen LogP contribution in [0.3, 0.4) is 0 Å². The minimum absolute atomic E-state index is 0.00835. The van der Waals surface area contributed by atoms with Gasteiger partial charge in [0.1, 0.15) is 5.69 Å². The van der Waals surface area contributed by atoms with Gasteiger partial charge in [0.2, 0.25) is 0 Å². The third kappa shape index (κ3) is 4.91. The van der Waals surface area contributed by atoms with Gasteiger partial charge in [-0.1, -0.05) is 19.3 Å². The number of carbonyl (C=O) groups excluding carboxylic acids is 2. The number of carbonyl (C=O) groups is 3. The number of anilines is 1. The van der Waals surface area contributed by atoms with Crippen molar-refractivity contribution in [2.24, 2.45) is 0 Å². The summed E-state index contributed by atoms with van der Waals surface area (Å²) in [7, 11) is 0. The van der Waals surface area contributed by atoms with Gasteiger partial charge in [0.05, 0.1) is 5.56 Å². The first-order valence-electron chi connectivity index (χ1n) is 8.94. The molecule has 1 aromatic carbocycles. The number of hydrogen-bond acceptors (Lipinski definition) is 4. The molecule has 0 unspecified atom stereocenters. The molecule has 1 aliphatic carbocycles. The van der Waals surface area contributed by atoms with Crippen LogP contribution in [-0.4, -0.2) is 33.9 Å². The molecule has 1 fully saturated rings. The van der Waals surface area contributed by atoms with Gasteiger partial charge in [-0.05, 0) is 49.2 Å². The molecule has 0 spiro atoms. The lowest BCUT2D eigenvalue weighted by Crippen LogP contribution is -2.36. The zero-order chi connectivity index (χ0) is 19.2. The van der Waals surface area contributed by atoms with Crippen molar-refractivity contribution in [1.29, 1.82) is 0 Å². The second kappa shape index (κ2) is 8.44. The highest BCUT2D eigenvalue weighted by Crippen LogP contribution is 2.18. The number of pyridine rings is 1. The number of aromatic carboxylic acids is 1. The van der Waals surface area contributed by atoms with Crippen molar-refractivity contribution in [1.82, 2.24) is 10.3 Å². The van der Waals surface area contributed by atoms with Crippen LogP contribution in [0.4, 0.5) is 5.69 Å². The van der Waals surface area contributed by atoms with E-state index in [-0.39, 0.29) is 23.2 Å². The molecule has 1 heterocycles. The summed E-state index contributed by atoms with van der Waals surface area (Å²) in [6.07, 6.45) is 6.83. The zero-order valence-corrected chi connectivity index (χ0v) is 14.8. The van der Waals surface area contributed by atoms with E-state index in [1.54, 1.807) is 24.3 Å². The fourth-order valence-electron chi connectivity index (χ4n) is 3.10. The van der Waals surface area contributed by atoms with E-state index in [0.29, 0.717) is 11.3 Å². The topological polar surface area (TPSA) is 108 Å². The number of amides is 2. The van der Waals surface area contributed by atoms with Gasteiger partial charge in [0.25, 0.3) is 11.8 Å². The molecule has 0 aliphatic heterocycles. The predicted molar refractivity (Wildman–Crippen MR) is 99.9 cm³/mol. The maximum Gasteiger partial charge on any atom is 0.335 e. The van der Waals surface area contributed by atoms with Gasteiger partial charge in [-0.15, -0.1) is 0 Å². The molecule has 1 aliphatic rings. The molecule has 3 rings (SSSR count). The molecule has 7 nitrogen and oxygen atoms in total. The number of hydrogen-bond donors (Lipinski definition) is 3. The second-order valence-electron chi connectivity index (χ2n) is 6.57. The smallest absolute Gasteiger partial charge is 0.335 e. The van der Waals surface area contributed by atoms with Crippen LogP contribution in [-0.2, 0) is 0 Å². The number of benzene rings is 1. The van der Waals surface area contributed by atoms with Gasteiger partial charge in [-0.25, -0.2) is 4.79 Å². The Kier molecular flexibility index (Phi) is 5.80. The third-order valence-electron chi connectivity index (χ3n) is 4.58. The fourth-order valence-corrected chi connectivity index (χ4v) is 3.10. The highest BCUT2D eigenvalue weighted by molar-refractivity contribution is 6.04. The number of carboxylic acid groups (broad SMARTS) is 1. The van der Waals surface area contributed by atoms with Crippen molar-refractivity contribution in [2.45, 2.75) is 38.1 Å². The summed E-state index contributed by atoms with van der Waals surface area (Å²) in [5.41, 5.74) is 1.03. The number of aromatic nitrogens is 1. The average molecular weight is 367 g/mol. The van der Waals surface area contributed by atoms with Crippen LogP contribution < -0.4 is 10.6 Å². The molecule has 7 heteroatoms. The number of carboxylic acids is 1. The minimum atomic E-state index is -1.13. The van der Waals surface area contributed by atoms with Crippen molar-refractivity contribution in [2.75, 3.05) is 5.32 Å². The van der Waals surface area contributed by atoms with Crippen molar-refractivity contribution in [3.8, 4) is 0 Å². The van der Waals surface area contributed by atoms with Crippen LogP contribution >= 0.6 is 0 Å². The van der Waals surface area contributed by atoms with Crippen molar-refractivity contribution in [3.05, 3.63) is 59.4 Å². The second-order valence-corrected chi connectivity index (χ2v) is 6.57. The normalized spacial score (nSPS) is 14.4. The minimum Gasteiger partial charge on any atom is -0.478 e. The maximum atomic E-state index is 12.3. The highest BCUT2D eigenvalue weighted by atomic mass is 16.4. The lowest BCUT2D eigenvalue weighted by molar-refractivity contribution is 0.0696. The Morgan fingerprint density at radius 3 is 2.30 bits per heavy atom. The molecular formula is C20H21N3O4. The Labute approximate surface area is 156 Å². The summed E-state index contributed by atoms with van der Waals surface area (Å²) in [6, 6.07) is 9.33. The van der Waals surface area contributed by atoms with E-state index < -0.39 is 11.9 Å². The van der Waals surface area contributed by atoms with Crippen molar-refractivity contribution < 1.29 is 19.5 Å². The Bertz CT molecular complexity index is 843. The summed E-state index contributed by atoms with van der Waals surface area (Å²) in [6.45, 7) is 0. The van der Waals surface area contributed by atoms with E-state index >= 15 is 0 Å². The average Bonchev–Trinajstić information content (AvgIpc) is 2.69. The molecule has 1 saturated carbocycles. The molecule has 3 N–H and O–H groups in total. The van der Waals surface area contributed by atoms with Crippen LogP contribution in [0.15, 0.2) is 42.6 Å². The first-order valence-corrected chi connectivity index (χ1v) is 8.94. The van der Waals surface area contributed by atoms with Gasteiger partial charge in [0.15, 0.2) is 0 Å². The molecule has 2 aromatic rings. The number of nitrogens with one attached hydrogen (secondary N) is 2. The van der Waals surface area contributed by atoms with E-state index in [2.05, 4.69) is 15.6 Å². The summed E-state index contributed by atoms with van der Waals surface area (Å²) < 4.78 is 0.